The summed E-state index contributed by atoms with van der Waals surface area (Å²) in [7, 11) is 0. The van der Waals surface area contributed by atoms with Gasteiger partial charge in [-0.1, -0.05) is 30.3 Å². The number of aromatic nitrogens is 1. The van der Waals surface area contributed by atoms with Crippen molar-refractivity contribution in [1.82, 2.24) is 14.8 Å². The van der Waals surface area contributed by atoms with Crippen LogP contribution in [0.15, 0.2) is 53.9 Å². The third-order valence-corrected chi connectivity index (χ3v) is 6.43. The van der Waals surface area contributed by atoms with Crippen molar-refractivity contribution < 1.29 is 14.3 Å². The van der Waals surface area contributed by atoms with Crippen LogP contribution in [0.1, 0.15) is 5.56 Å². The lowest BCUT2D eigenvalue weighted by atomic mass is 10.1. The minimum atomic E-state index is -0.0235. The molecule has 7 nitrogen and oxygen atoms in total. The predicted octanol–water partition coefficient (Wildman–Crippen LogP) is 3.34. The fraction of sp³-hybridized carbons (Fsp3) is 0.333. The van der Waals surface area contributed by atoms with E-state index in [0.29, 0.717) is 24.9 Å². The first kappa shape index (κ1) is 20.9. The van der Waals surface area contributed by atoms with Crippen molar-refractivity contribution in [2.45, 2.75) is 6.54 Å². The Morgan fingerprint density at radius 3 is 2.53 bits per heavy atom. The summed E-state index contributed by atoms with van der Waals surface area (Å²) in [4.78, 5) is 21.8. The molecular weight excluding hydrogens is 424 g/mol. The average Bonchev–Trinajstić information content (AvgIpc) is 3.29. The minimum Gasteiger partial charge on any atom is -0.486 e. The van der Waals surface area contributed by atoms with E-state index in [0.717, 1.165) is 55.5 Å². The van der Waals surface area contributed by atoms with E-state index < -0.39 is 0 Å². The number of carbonyl (C=O) groups excluding carboxylic acids is 1. The summed E-state index contributed by atoms with van der Waals surface area (Å²) in [6.45, 7) is 6.18. The Hall–Kier alpha value is -2.94. The molecule has 1 aromatic heterocycles. The Kier molecular flexibility index (Phi) is 6.34. The molecule has 0 atom stereocenters. The summed E-state index contributed by atoms with van der Waals surface area (Å²) in [5.41, 5.74) is 3.09. The fourth-order valence-electron chi connectivity index (χ4n) is 3.98. The smallest absolute Gasteiger partial charge is 0.240 e. The van der Waals surface area contributed by atoms with Crippen LogP contribution in [0.5, 0.6) is 11.5 Å². The Bertz CT molecular complexity index is 1060. The number of carbonyl (C=O) groups is 1. The number of rotatable bonds is 6. The molecule has 0 saturated carbocycles. The molecule has 5 rings (SSSR count). The van der Waals surface area contributed by atoms with E-state index in [2.05, 4.69) is 44.4 Å². The Morgan fingerprint density at radius 1 is 0.969 bits per heavy atom. The highest BCUT2D eigenvalue weighted by Gasteiger charge is 2.20. The second-order valence-corrected chi connectivity index (χ2v) is 8.84. The van der Waals surface area contributed by atoms with Crippen LogP contribution in [0.3, 0.4) is 0 Å². The van der Waals surface area contributed by atoms with E-state index in [1.54, 1.807) is 0 Å². The second kappa shape index (κ2) is 9.68. The number of fused-ring (bicyclic) bond motifs is 1. The van der Waals surface area contributed by atoms with Crippen LogP contribution in [-0.4, -0.2) is 66.6 Å². The van der Waals surface area contributed by atoms with Crippen molar-refractivity contribution in [2.75, 3.05) is 51.3 Å². The van der Waals surface area contributed by atoms with Crippen molar-refractivity contribution in [3.05, 3.63) is 59.5 Å². The molecule has 0 bridgehead atoms. The molecule has 2 aromatic carbocycles. The van der Waals surface area contributed by atoms with Crippen molar-refractivity contribution in [3.63, 3.8) is 0 Å². The van der Waals surface area contributed by atoms with Gasteiger partial charge >= 0.3 is 0 Å². The predicted molar refractivity (Wildman–Crippen MR) is 125 cm³/mol. The first-order valence-electron chi connectivity index (χ1n) is 10.9. The van der Waals surface area contributed by atoms with Crippen LogP contribution in [0, 0.1) is 0 Å². The zero-order valence-electron chi connectivity index (χ0n) is 17.8. The first-order chi connectivity index (χ1) is 15.7. The van der Waals surface area contributed by atoms with Crippen molar-refractivity contribution in [1.29, 1.82) is 0 Å². The van der Waals surface area contributed by atoms with Crippen molar-refractivity contribution in [2.24, 2.45) is 0 Å². The van der Waals surface area contributed by atoms with E-state index in [-0.39, 0.29) is 5.91 Å². The number of ether oxygens (including phenoxy) is 2. The molecule has 1 fully saturated rings. The topological polar surface area (TPSA) is 66.9 Å². The molecule has 0 spiro atoms. The number of hydrogen-bond donors (Lipinski definition) is 1. The summed E-state index contributed by atoms with van der Waals surface area (Å²) in [5.74, 6) is 1.47. The zero-order chi connectivity index (χ0) is 21.8. The molecule has 0 radical (unpaired) electrons. The summed E-state index contributed by atoms with van der Waals surface area (Å²) in [6.07, 6.45) is 0. The van der Waals surface area contributed by atoms with Crippen LogP contribution in [0.25, 0.3) is 11.3 Å². The maximum absolute atomic E-state index is 12.6. The lowest BCUT2D eigenvalue weighted by Gasteiger charge is -2.34. The van der Waals surface area contributed by atoms with E-state index in [4.69, 9.17) is 9.47 Å². The molecule has 2 aliphatic heterocycles. The third-order valence-electron chi connectivity index (χ3n) is 5.67. The molecule has 2 aliphatic rings. The van der Waals surface area contributed by atoms with Crippen LogP contribution >= 0.6 is 11.3 Å². The molecular formula is C24H26N4O3S. The van der Waals surface area contributed by atoms with Gasteiger partial charge in [-0.2, -0.15) is 0 Å². The van der Waals surface area contributed by atoms with Crippen molar-refractivity contribution >= 4 is 22.4 Å². The van der Waals surface area contributed by atoms with Crippen LogP contribution in [-0.2, 0) is 11.3 Å². The number of piperazine rings is 1. The number of amides is 1. The third kappa shape index (κ3) is 5.09. The summed E-state index contributed by atoms with van der Waals surface area (Å²) >= 11 is 1.43. The van der Waals surface area contributed by atoms with E-state index in [1.807, 2.05) is 29.6 Å². The van der Waals surface area contributed by atoms with Gasteiger partial charge in [0.25, 0.3) is 0 Å². The van der Waals surface area contributed by atoms with Gasteiger partial charge in [-0.05, 0) is 23.8 Å². The molecule has 3 aromatic rings. The highest BCUT2D eigenvalue weighted by Crippen LogP contribution is 2.35. The number of nitrogens with one attached hydrogen (secondary N) is 1. The van der Waals surface area contributed by atoms with E-state index >= 15 is 0 Å². The molecule has 166 valence electrons. The summed E-state index contributed by atoms with van der Waals surface area (Å²) in [5, 5.41) is 5.51. The van der Waals surface area contributed by atoms with E-state index in [1.165, 1.54) is 16.9 Å². The van der Waals surface area contributed by atoms with Gasteiger partial charge in [0.15, 0.2) is 16.6 Å². The Balaban J connectivity index is 1.11. The quantitative estimate of drug-likeness (QED) is 0.621. The maximum atomic E-state index is 12.6. The lowest BCUT2D eigenvalue weighted by molar-refractivity contribution is -0.117. The van der Waals surface area contributed by atoms with Crippen molar-refractivity contribution in [3.8, 4) is 22.8 Å². The molecule has 0 aliphatic carbocycles. The SMILES string of the molecule is O=C(CN1CCN(Cc2ccccc2)CC1)Nc1nc(-c2ccc3c(c2)OCCO3)cs1. The largest absolute Gasteiger partial charge is 0.486 e. The number of nitrogens with zero attached hydrogens (tertiary/aromatic N) is 3. The first-order valence-corrected chi connectivity index (χ1v) is 11.7. The summed E-state index contributed by atoms with van der Waals surface area (Å²) in [6, 6.07) is 16.3. The van der Waals surface area contributed by atoms with Gasteiger partial charge in [-0.3, -0.25) is 14.6 Å². The normalized spacial score (nSPS) is 16.6. The van der Waals surface area contributed by atoms with Gasteiger partial charge in [-0.15, -0.1) is 11.3 Å². The number of anilines is 1. The highest BCUT2D eigenvalue weighted by atomic mass is 32.1. The number of thiazole rings is 1. The number of hydrogen-bond acceptors (Lipinski definition) is 7. The monoisotopic (exact) mass is 450 g/mol. The lowest BCUT2D eigenvalue weighted by Crippen LogP contribution is -2.48. The average molecular weight is 451 g/mol. The van der Waals surface area contributed by atoms with Crippen LogP contribution in [0.2, 0.25) is 0 Å². The minimum absolute atomic E-state index is 0.0235. The standard InChI is InChI=1S/C24H26N4O3S/c29-23(16-28-10-8-27(9-11-28)15-18-4-2-1-3-5-18)26-24-25-20(17-32-24)19-6-7-21-22(14-19)31-13-12-30-21/h1-7,14,17H,8-13,15-16H2,(H,25,26,29). The summed E-state index contributed by atoms with van der Waals surface area (Å²) < 4.78 is 11.2. The number of benzene rings is 2. The zero-order valence-corrected chi connectivity index (χ0v) is 18.6. The van der Waals surface area contributed by atoms with Gasteiger partial charge in [0.2, 0.25) is 5.91 Å². The molecule has 1 saturated heterocycles. The Morgan fingerprint density at radius 2 is 1.72 bits per heavy atom. The molecule has 1 N–H and O–H groups in total. The molecule has 0 unspecified atom stereocenters. The maximum Gasteiger partial charge on any atom is 0.240 e. The van der Waals surface area contributed by atoms with Crippen LogP contribution in [0.4, 0.5) is 5.13 Å². The van der Waals surface area contributed by atoms with Gasteiger partial charge in [-0.25, -0.2) is 4.98 Å². The molecule has 1 amide bonds. The van der Waals surface area contributed by atoms with Gasteiger partial charge < -0.3 is 14.8 Å². The van der Waals surface area contributed by atoms with Crippen LogP contribution < -0.4 is 14.8 Å². The van der Waals surface area contributed by atoms with Gasteiger partial charge in [0.1, 0.15) is 13.2 Å². The molecule has 3 heterocycles. The van der Waals surface area contributed by atoms with Gasteiger partial charge in [0.05, 0.1) is 12.2 Å². The van der Waals surface area contributed by atoms with Gasteiger partial charge in [0, 0.05) is 43.7 Å². The fourth-order valence-corrected chi connectivity index (χ4v) is 4.71. The molecule has 32 heavy (non-hydrogen) atoms. The van der Waals surface area contributed by atoms with E-state index in [9.17, 15) is 4.79 Å². The second-order valence-electron chi connectivity index (χ2n) is 7.98. The molecule has 8 heteroatoms. The highest BCUT2D eigenvalue weighted by molar-refractivity contribution is 7.14. The Labute approximate surface area is 191 Å².